The van der Waals surface area contributed by atoms with Gasteiger partial charge in [0, 0.05) is 11.6 Å². The van der Waals surface area contributed by atoms with Crippen molar-refractivity contribution in [3.8, 4) is 6.07 Å². The zero-order valence-corrected chi connectivity index (χ0v) is 11.3. The normalized spacial score (nSPS) is 10.0. The van der Waals surface area contributed by atoms with Crippen LogP contribution in [-0.2, 0) is 6.54 Å². The Balaban J connectivity index is 2.14. The van der Waals surface area contributed by atoms with Crippen molar-refractivity contribution in [1.82, 2.24) is 0 Å². The average Bonchev–Trinajstić information content (AvgIpc) is 2.41. The Hall–Kier alpha value is -1.76. The van der Waals surface area contributed by atoms with Crippen molar-refractivity contribution in [3.05, 3.63) is 63.4 Å². The van der Waals surface area contributed by atoms with Crippen LogP contribution in [0.5, 0.6) is 0 Å². The summed E-state index contributed by atoms with van der Waals surface area (Å²) in [6.07, 6.45) is 0. The van der Waals surface area contributed by atoms with Crippen molar-refractivity contribution in [2.45, 2.75) is 6.54 Å². The summed E-state index contributed by atoms with van der Waals surface area (Å²) < 4.78 is 13.0. The van der Waals surface area contributed by atoms with Crippen LogP contribution in [0.4, 0.5) is 10.1 Å². The van der Waals surface area contributed by atoms with Crippen LogP contribution in [0.2, 0.25) is 10.0 Å². The molecule has 2 aromatic carbocycles. The minimum Gasteiger partial charge on any atom is -0.380 e. The van der Waals surface area contributed by atoms with Gasteiger partial charge in [-0.05, 0) is 35.9 Å². The predicted octanol–water partition coefficient (Wildman–Crippen LogP) is 4.62. The maximum Gasteiger partial charge on any atom is 0.141 e. The molecule has 2 aromatic rings. The number of hydrogen-bond acceptors (Lipinski definition) is 2. The molecular formula is C14H9Cl2FN2. The van der Waals surface area contributed by atoms with E-state index in [1.807, 2.05) is 0 Å². The fourth-order valence-corrected chi connectivity index (χ4v) is 1.99. The van der Waals surface area contributed by atoms with Gasteiger partial charge >= 0.3 is 0 Å². The van der Waals surface area contributed by atoms with Gasteiger partial charge in [0.25, 0.3) is 0 Å². The molecule has 0 aliphatic carbocycles. The summed E-state index contributed by atoms with van der Waals surface area (Å²) in [5.41, 5.74) is 1.96. The van der Waals surface area contributed by atoms with Crippen molar-refractivity contribution in [3.63, 3.8) is 0 Å². The van der Waals surface area contributed by atoms with Crippen molar-refractivity contribution < 1.29 is 4.39 Å². The lowest BCUT2D eigenvalue weighted by Crippen LogP contribution is -2.01. The minimum absolute atomic E-state index is 0.0795. The van der Waals surface area contributed by atoms with Crippen LogP contribution >= 0.6 is 23.2 Å². The summed E-state index contributed by atoms with van der Waals surface area (Å²) in [4.78, 5) is 0. The van der Waals surface area contributed by atoms with Gasteiger partial charge in [-0.2, -0.15) is 5.26 Å². The van der Waals surface area contributed by atoms with E-state index in [-0.39, 0.29) is 5.02 Å². The SMILES string of the molecule is N#Cc1cc(Cl)ccc1NCc1ccc(F)c(Cl)c1. The summed E-state index contributed by atoms with van der Waals surface area (Å²) in [6, 6.07) is 11.6. The molecule has 5 heteroatoms. The third kappa shape index (κ3) is 3.37. The number of hydrogen-bond donors (Lipinski definition) is 1. The first-order valence-corrected chi connectivity index (χ1v) is 6.23. The van der Waals surface area contributed by atoms with E-state index in [9.17, 15) is 4.39 Å². The first-order chi connectivity index (χ1) is 9.10. The molecule has 1 N–H and O–H groups in total. The van der Waals surface area contributed by atoms with Crippen LogP contribution in [0, 0.1) is 17.1 Å². The molecule has 19 heavy (non-hydrogen) atoms. The van der Waals surface area contributed by atoms with Gasteiger partial charge in [0.15, 0.2) is 0 Å². The predicted molar refractivity (Wildman–Crippen MR) is 74.9 cm³/mol. The Morgan fingerprint density at radius 1 is 1.16 bits per heavy atom. The summed E-state index contributed by atoms with van der Waals surface area (Å²) in [5, 5.41) is 12.7. The Kier molecular flexibility index (Phi) is 4.26. The van der Waals surface area contributed by atoms with Crippen molar-refractivity contribution in [2.75, 3.05) is 5.32 Å². The van der Waals surface area contributed by atoms with Crippen LogP contribution in [0.25, 0.3) is 0 Å². The molecule has 0 aliphatic heterocycles. The molecule has 0 saturated heterocycles. The van der Waals surface area contributed by atoms with E-state index in [2.05, 4.69) is 11.4 Å². The lowest BCUT2D eigenvalue weighted by Gasteiger charge is -2.09. The van der Waals surface area contributed by atoms with Crippen LogP contribution in [0.15, 0.2) is 36.4 Å². The number of rotatable bonds is 3. The zero-order valence-electron chi connectivity index (χ0n) is 9.75. The average molecular weight is 295 g/mol. The fourth-order valence-electron chi connectivity index (χ4n) is 1.61. The molecule has 2 nitrogen and oxygen atoms in total. The van der Waals surface area contributed by atoms with Crippen LogP contribution in [0.3, 0.4) is 0 Å². The van der Waals surface area contributed by atoms with Crippen LogP contribution in [0.1, 0.15) is 11.1 Å². The summed E-state index contributed by atoms with van der Waals surface area (Å²) in [6.45, 7) is 0.441. The third-order valence-electron chi connectivity index (χ3n) is 2.57. The number of anilines is 1. The largest absolute Gasteiger partial charge is 0.380 e. The molecule has 0 saturated carbocycles. The highest BCUT2D eigenvalue weighted by Gasteiger charge is 2.04. The van der Waals surface area contributed by atoms with E-state index in [1.54, 1.807) is 30.3 Å². The fraction of sp³-hybridized carbons (Fsp3) is 0.0714. The summed E-state index contributed by atoms with van der Waals surface area (Å²) >= 11 is 11.5. The minimum atomic E-state index is -0.449. The molecule has 0 bridgehead atoms. The molecule has 2 rings (SSSR count). The maximum absolute atomic E-state index is 13.0. The highest BCUT2D eigenvalue weighted by atomic mass is 35.5. The number of halogens is 3. The third-order valence-corrected chi connectivity index (χ3v) is 3.09. The van der Waals surface area contributed by atoms with E-state index >= 15 is 0 Å². The molecule has 0 fully saturated rings. The molecule has 0 radical (unpaired) electrons. The van der Waals surface area contributed by atoms with E-state index in [0.717, 1.165) is 5.56 Å². The van der Waals surface area contributed by atoms with Gasteiger partial charge in [-0.25, -0.2) is 4.39 Å². The molecule has 0 spiro atoms. The van der Waals surface area contributed by atoms with E-state index in [0.29, 0.717) is 22.8 Å². The van der Waals surface area contributed by atoms with Crippen LogP contribution < -0.4 is 5.32 Å². The summed E-state index contributed by atoms with van der Waals surface area (Å²) in [7, 11) is 0. The monoisotopic (exact) mass is 294 g/mol. The smallest absolute Gasteiger partial charge is 0.141 e. The molecule has 0 aromatic heterocycles. The van der Waals surface area contributed by atoms with E-state index in [1.165, 1.54) is 6.07 Å². The molecule has 96 valence electrons. The first kappa shape index (κ1) is 13.7. The van der Waals surface area contributed by atoms with Gasteiger partial charge in [0.1, 0.15) is 11.9 Å². The highest BCUT2D eigenvalue weighted by Crippen LogP contribution is 2.21. The van der Waals surface area contributed by atoms with Crippen molar-refractivity contribution >= 4 is 28.9 Å². The second-order valence-electron chi connectivity index (χ2n) is 3.90. The molecule has 0 aliphatic rings. The van der Waals surface area contributed by atoms with Gasteiger partial charge in [0.2, 0.25) is 0 Å². The topological polar surface area (TPSA) is 35.8 Å². The van der Waals surface area contributed by atoms with Gasteiger partial charge in [-0.3, -0.25) is 0 Å². The Morgan fingerprint density at radius 2 is 1.95 bits per heavy atom. The second kappa shape index (κ2) is 5.92. The number of benzene rings is 2. The number of nitrogens with zero attached hydrogens (tertiary/aromatic N) is 1. The lowest BCUT2D eigenvalue weighted by atomic mass is 10.1. The molecule has 0 atom stereocenters. The Morgan fingerprint density at radius 3 is 2.63 bits per heavy atom. The standard InChI is InChI=1S/C14H9Cl2FN2/c15-11-2-4-14(10(6-11)7-18)19-8-9-1-3-13(17)12(16)5-9/h1-6,19H,8H2. The van der Waals surface area contributed by atoms with Crippen molar-refractivity contribution in [1.29, 1.82) is 5.26 Å². The number of nitrogens with one attached hydrogen (secondary N) is 1. The highest BCUT2D eigenvalue weighted by molar-refractivity contribution is 6.31. The molecular weight excluding hydrogens is 286 g/mol. The van der Waals surface area contributed by atoms with Gasteiger partial charge < -0.3 is 5.32 Å². The van der Waals surface area contributed by atoms with E-state index < -0.39 is 5.82 Å². The lowest BCUT2D eigenvalue weighted by molar-refractivity contribution is 0.627. The van der Waals surface area contributed by atoms with Crippen molar-refractivity contribution in [2.24, 2.45) is 0 Å². The van der Waals surface area contributed by atoms with Gasteiger partial charge in [0.05, 0.1) is 16.3 Å². The molecule has 0 unspecified atom stereocenters. The van der Waals surface area contributed by atoms with Gasteiger partial charge in [-0.15, -0.1) is 0 Å². The molecule has 0 amide bonds. The first-order valence-electron chi connectivity index (χ1n) is 5.47. The second-order valence-corrected chi connectivity index (χ2v) is 4.75. The Bertz CT molecular complexity index is 650. The summed E-state index contributed by atoms with van der Waals surface area (Å²) in [5.74, 6) is -0.449. The van der Waals surface area contributed by atoms with Crippen LogP contribution in [-0.4, -0.2) is 0 Å². The molecule has 0 heterocycles. The van der Waals surface area contributed by atoms with Gasteiger partial charge in [-0.1, -0.05) is 29.3 Å². The maximum atomic E-state index is 13.0. The van der Waals surface area contributed by atoms with E-state index in [4.69, 9.17) is 28.5 Å². The zero-order chi connectivity index (χ0) is 13.8. The number of nitriles is 1. The quantitative estimate of drug-likeness (QED) is 0.897. The Labute approximate surface area is 120 Å².